The molecule has 0 bridgehead atoms. The predicted octanol–water partition coefficient (Wildman–Crippen LogP) is 1.48. The van der Waals surface area contributed by atoms with Gasteiger partial charge in [0, 0.05) is 12.1 Å². The lowest BCUT2D eigenvalue weighted by Gasteiger charge is -2.24. The summed E-state index contributed by atoms with van der Waals surface area (Å²) in [7, 11) is 1.62. The van der Waals surface area contributed by atoms with E-state index in [0.29, 0.717) is 0 Å². The van der Waals surface area contributed by atoms with Crippen LogP contribution >= 0.6 is 0 Å². The fourth-order valence-corrected chi connectivity index (χ4v) is 4.01. The highest BCUT2D eigenvalue weighted by atomic mass is 16.5. The van der Waals surface area contributed by atoms with Crippen molar-refractivity contribution in [1.29, 1.82) is 0 Å². The molecule has 0 amide bonds. The van der Waals surface area contributed by atoms with E-state index in [0.717, 1.165) is 43.5 Å². The Kier molecular flexibility index (Phi) is 4.80. The number of Topliss-reactive ketones (excluding diaryl/α,β-unsaturated/α-hetero) is 1. The van der Waals surface area contributed by atoms with Gasteiger partial charge in [-0.3, -0.25) is 24.0 Å². The van der Waals surface area contributed by atoms with Crippen LogP contribution in [0.1, 0.15) is 53.7 Å². The summed E-state index contributed by atoms with van der Waals surface area (Å²) in [6.07, 6.45) is 3.56. The van der Waals surface area contributed by atoms with E-state index in [4.69, 9.17) is 10.5 Å². The van der Waals surface area contributed by atoms with Crippen LogP contribution in [0, 0.1) is 0 Å². The van der Waals surface area contributed by atoms with E-state index in [2.05, 4.69) is 9.88 Å². The number of nitrogen functional groups attached to an aromatic ring is 1. The molecule has 8 nitrogen and oxygen atoms in total. The number of aromatic amines is 1. The zero-order chi connectivity index (χ0) is 19.8. The Morgan fingerprint density at radius 2 is 1.93 bits per heavy atom. The minimum Gasteiger partial charge on any atom is -0.497 e. The number of carbonyl (C=O) groups is 1. The summed E-state index contributed by atoms with van der Waals surface area (Å²) in [5.41, 5.74) is 5.82. The Morgan fingerprint density at radius 3 is 2.57 bits per heavy atom. The number of anilines is 1. The summed E-state index contributed by atoms with van der Waals surface area (Å²) < 4.78 is 6.55. The van der Waals surface area contributed by atoms with Crippen LogP contribution in [0.5, 0.6) is 5.75 Å². The first-order valence-corrected chi connectivity index (χ1v) is 9.55. The SMILES string of the molecule is COc1ccc([C@@H]2CCCN2CC(=O)c2c(N)n(C3CC3)c(=O)[nH]c2=O)cc1. The summed E-state index contributed by atoms with van der Waals surface area (Å²) in [5, 5.41) is 0. The number of methoxy groups -OCH3 is 1. The van der Waals surface area contributed by atoms with Gasteiger partial charge in [-0.15, -0.1) is 0 Å². The average Bonchev–Trinajstić information content (AvgIpc) is 3.39. The molecule has 1 atom stereocenters. The lowest BCUT2D eigenvalue weighted by atomic mass is 10.0. The molecule has 0 spiro atoms. The Labute approximate surface area is 161 Å². The molecule has 148 valence electrons. The van der Waals surface area contributed by atoms with Crippen molar-refractivity contribution < 1.29 is 9.53 Å². The number of hydrogen-bond donors (Lipinski definition) is 2. The van der Waals surface area contributed by atoms with Gasteiger partial charge in [-0.05, 0) is 49.9 Å². The molecule has 1 saturated carbocycles. The van der Waals surface area contributed by atoms with Gasteiger partial charge in [-0.1, -0.05) is 12.1 Å². The van der Waals surface area contributed by atoms with Crippen molar-refractivity contribution in [2.24, 2.45) is 0 Å². The Bertz CT molecular complexity index is 1000. The first-order valence-electron chi connectivity index (χ1n) is 9.55. The minimum atomic E-state index is -0.704. The normalized spacial score (nSPS) is 19.7. The summed E-state index contributed by atoms with van der Waals surface area (Å²) in [6.45, 7) is 0.857. The first-order chi connectivity index (χ1) is 13.5. The Balaban J connectivity index is 1.58. The second-order valence-electron chi connectivity index (χ2n) is 7.45. The van der Waals surface area contributed by atoms with Gasteiger partial charge in [0.05, 0.1) is 13.7 Å². The molecule has 1 aromatic heterocycles. The first kappa shape index (κ1) is 18.5. The van der Waals surface area contributed by atoms with Crippen molar-refractivity contribution in [3.05, 3.63) is 56.2 Å². The maximum absolute atomic E-state index is 12.9. The molecule has 4 rings (SSSR count). The number of nitrogens with zero attached hydrogens (tertiary/aromatic N) is 2. The highest BCUT2D eigenvalue weighted by Crippen LogP contribution is 2.36. The molecule has 0 unspecified atom stereocenters. The van der Waals surface area contributed by atoms with E-state index >= 15 is 0 Å². The topological polar surface area (TPSA) is 110 Å². The van der Waals surface area contributed by atoms with Gasteiger partial charge in [-0.25, -0.2) is 4.79 Å². The molecule has 3 N–H and O–H groups in total. The van der Waals surface area contributed by atoms with Crippen molar-refractivity contribution in [3.8, 4) is 5.75 Å². The molecule has 8 heteroatoms. The third-order valence-corrected chi connectivity index (χ3v) is 5.58. The summed E-state index contributed by atoms with van der Waals surface area (Å²) in [4.78, 5) is 41.6. The van der Waals surface area contributed by atoms with Crippen LogP contribution < -0.4 is 21.7 Å². The molecule has 28 heavy (non-hydrogen) atoms. The molecular formula is C20H24N4O4. The maximum atomic E-state index is 12.9. The molecule has 1 aliphatic heterocycles. The Hall–Kier alpha value is -2.87. The second-order valence-corrected chi connectivity index (χ2v) is 7.45. The fraction of sp³-hybridized carbons (Fsp3) is 0.450. The summed E-state index contributed by atoms with van der Waals surface area (Å²) >= 11 is 0. The van der Waals surface area contributed by atoms with Crippen LogP contribution in [0.3, 0.4) is 0 Å². The standard InChI is InChI=1S/C20H24N4O4/c1-28-14-8-4-12(5-9-14)15-3-2-10-23(15)11-16(25)17-18(21)24(13-6-7-13)20(27)22-19(17)26/h4-5,8-9,13,15H,2-3,6-7,10-11,21H2,1H3,(H,22,26,27)/t15-/m0/s1. The number of aromatic nitrogens is 2. The van der Waals surface area contributed by atoms with Crippen LogP contribution in [0.15, 0.2) is 33.9 Å². The van der Waals surface area contributed by atoms with Gasteiger partial charge in [0.1, 0.15) is 17.1 Å². The van der Waals surface area contributed by atoms with Crippen molar-refractivity contribution in [2.75, 3.05) is 25.9 Å². The van der Waals surface area contributed by atoms with Crippen molar-refractivity contribution in [1.82, 2.24) is 14.5 Å². The molecule has 1 aliphatic carbocycles. The van der Waals surface area contributed by atoms with Crippen LogP contribution in [0.25, 0.3) is 0 Å². The number of ether oxygens (including phenoxy) is 1. The third kappa shape index (κ3) is 3.35. The van der Waals surface area contributed by atoms with Gasteiger partial charge in [0.15, 0.2) is 5.78 Å². The van der Waals surface area contributed by atoms with E-state index in [1.807, 2.05) is 24.3 Å². The van der Waals surface area contributed by atoms with Gasteiger partial charge in [0.2, 0.25) is 0 Å². The molecule has 2 heterocycles. The Morgan fingerprint density at radius 1 is 1.21 bits per heavy atom. The zero-order valence-electron chi connectivity index (χ0n) is 15.8. The van der Waals surface area contributed by atoms with Gasteiger partial charge in [0.25, 0.3) is 5.56 Å². The van der Waals surface area contributed by atoms with Crippen LogP contribution in [0.2, 0.25) is 0 Å². The largest absolute Gasteiger partial charge is 0.497 e. The molecule has 0 radical (unpaired) electrons. The molecule has 2 aromatic rings. The molecule has 1 saturated heterocycles. The number of ketones is 1. The number of likely N-dealkylation sites (tertiary alicyclic amines) is 1. The van der Waals surface area contributed by atoms with Gasteiger partial charge < -0.3 is 10.5 Å². The molecular weight excluding hydrogens is 360 g/mol. The fourth-order valence-electron chi connectivity index (χ4n) is 4.01. The maximum Gasteiger partial charge on any atom is 0.330 e. The van der Waals surface area contributed by atoms with Crippen molar-refractivity contribution in [3.63, 3.8) is 0 Å². The van der Waals surface area contributed by atoms with Crippen LogP contribution in [0.4, 0.5) is 5.82 Å². The van der Waals surface area contributed by atoms with E-state index in [1.165, 1.54) is 4.57 Å². The van der Waals surface area contributed by atoms with Crippen LogP contribution in [-0.4, -0.2) is 40.4 Å². The number of nitrogens with one attached hydrogen (secondary N) is 1. The number of benzene rings is 1. The zero-order valence-corrected chi connectivity index (χ0v) is 15.8. The predicted molar refractivity (Wildman–Crippen MR) is 105 cm³/mol. The van der Waals surface area contributed by atoms with Gasteiger partial charge in [-0.2, -0.15) is 0 Å². The molecule has 2 aliphatic rings. The van der Waals surface area contributed by atoms with Crippen molar-refractivity contribution >= 4 is 11.6 Å². The number of carbonyl (C=O) groups excluding carboxylic acids is 1. The number of H-pyrrole nitrogens is 1. The number of nitrogens with two attached hydrogens (primary N) is 1. The van der Waals surface area contributed by atoms with E-state index < -0.39 is 11.2 Å². The highest BCUT2D eigenvalue weighted by molar-refractivity contribution is 6.01. The lowest BCUT2D eigenvalue weighted by molar-refractivity contribution is 0.0920. The monoisotopic (exact) mass is 384 g/mol. The number of rotatable bonds is 6. The lowest BCUT2D eigenvalue weighted by Crippen LogP contribution is -2.39. The molecule has 2 fully saturated rings. The quantitative estimate of drug-likeness (QED) is 0.730. The van der Waals surface area contributed by atoms with Crippen LogP contribution in [-0.2, 0) is 0 Å². The van der Waals surface area contributed by atoms with E-state index in [-0.39, 0.29) is 35.8 Å². The third-order valence-electron chi connectivity index (χ3n) is 5.58. The van der Waals surface area contributed by atoms with Gasteiger partial charge >= 0.3 is 5.69 Å². The smallest absolute Gasteiger partial charge is 0.330 e. The average molecular weight is 384 g/mol. The minimum absolute atomic E-state index is 0.0126. The summed E-state index contributed by atoms with van der Waals surface area (Å²) in [5.74, 6) is 0.418. The summed E-state index contributed by atoms with van der Waals surface area (Å²) in [6, 6.07) is 7.89. The van der Waals surface area contributed by atoms with E-state index in [1.54, 1.807) is 7.11 Å². The van der Waals surface area contributed by atoms with Crippen molar-refractivity contribution in [2.45, 2.75) is 37.8 Å². The van der Waals surface area contributed by atoms with E-state index in [9.17, 15) is 14.4 Å². The molecule has 1 aromatic carbocycles. The number of hydrogen-bond acceptors (Lipinski definition) is 6. The highest BCUT2D eigenvalue weighted by Gasteiger charge is 2.32. The second kappa shape index (κ2) is 7.27.